The van der Waals surface area contributed by atoms with Gasteiger partial charge in [0.2, 0.25) is 0 Å². The van der Waals surface area contributed by atoms with E-state index in [-0.39, 0.29) is 6.04 Å². The van der Waals surface area contributed by atoms with Gasteiger partial charge in [0, 0.05) is 23.0 Å². The van der Waals surface area contributed by atoms with Crippen molar-refractivity contribution in [3.8, 4) is 5.75 Å². The van der Waals surface area contributed by atoms with Crippen LogP contribution in [-0.2, 0) is 6.42 Å². The van der Waals surface area contributed by atoms with Crippen LogP contribution in [0.5, 0.6) is 5.75 Å². The highest BCUT2D eigenvalue weighted by Gasteiger charge is 2.10. The number of benzene rings is 1. The first-order valence-corrected chi connectivity index (χ1v) is 8.09. The Hall–Kier alpha value is -1.03. The van der Waals surface area contributed by atoms with Gasteiger partial charge in [0.15, 0.2) is 0 Å². The van der Waals surface area contributed by atoms with Crippen LogP contribution < -0.4 is 10.1 Å². The van der Waals surface area contributed by atoms with Gasteiger partial charge < -0.3 is 10.1 Å². The predicted molar refractivity (Wildman–Crippen MR) is 87.1 cm³/mol. The number of hydrogen-bond acceptors (Lipinski definition) is 3. The number of hydrogen-bond donors (Lipinski definition) is 1. The van der Waals surface area contributed by atoms with Gasteiger partial charge in [-0.15, -0.1) is 11.3 Å². The van der Waals surface area contributed by atoms with Gasteiger partial charge in [0.1, 0.15) is 5.75 Å². The molecular weight excluding hydrogens is 290 g/mol. The normalized spacial score (nSPS) is 12.3. The number of nitrogens with one attached hydrogen (secondary N) is 1. The maximum Gasteiger partial charge on any atom is 0.124 e. The maximum absolute atomic E-state index is 5.93. The van der Waals surface area contributed by atoms with Gasteiger partial charge in [-0.3, -0.25) is 0 Å². The van der Waals surface area contributed by atoms with Crippen LogP contribution in [0.3, 0.4) is 0 Å². The van der Waals surface area contributed by atoms with E-state index in [9.17, 15) is 0 Å². The molecule has 0 bridgehead atoms. The quantitative estimate of drug-likeness (QED) is 0.801. The summed E-state index contributed by atoms with van der Waals surface area (Å²) in [6, 6.07) is 12.5. The Morgan fingerprint density at radius 1 is 1.25 bits per heavy atom. The van der Waals surface area contributed by atoms with Crippen LogP contribution in [0, 0.1) is 0 Å². The molecule has 4 heteroatoms. The standard InChI is InChI=1S/C16H20ClNOS/c1-3-19-15-7-5-4-6-14(15)12(2)18-11-10-13-8-9-16(17)20-13/h4-9,12,18H,3,10-11H2,1-2H3. The van der Waals surface area contributed by atoms with Gasteiger partial charge >= 0.3 is 0 Å². The molecule has 108 valence electrons. The molecule has 1 atom stereocenters. The Balaban J connectivity index is 1.89. The molecule has 1 N–H and O–H groups in total. The molecule has 0 saturated heterocycles. The van der Waals surface area contributed by atoms with E-state index in [1.807, 2.05) is 25.1 Å². The molecular formula is C16H20ClNOS. The van der Waals surface area contributed by atoms with Gasteiger partial charge in [0.25, 0.3) is 0 Å². The lowest BCUT2D eigenvalue weighted by Gasteiger charge is -2.17. The topological polar surface area (TPSA) is 21.3 Å². The first-order chi connectivity index (χ1) is 9.70. The van der Waals surface area contributed by atoms with Crippen LogP contribution in [-0.4, -0.2) is 13.2 Å². The summed E-state index contributed by atoms with van der Waals surface area (Å²) in [5, 5.41) is 3.54. The number of ether oxygens (including phenoxy) is 1. The molecule has 2 aromatic rings. The highest BCUT2D eigenvalue weighted by Crippen LogP contribution is 2.25. The number of halogens is 1. The van der Waals surface area contributed by atoms with E-state index in [0.29, 0.717) is 6.61 Å². The summed E-state index contributed by atoms with van der Waals surface area (Å²) in [4.78, 5) is 1.31. The Bertz CT molecular complexity index is 541. The molecule has 1 heterocycles. The Morgan fingerprint density at radius 2 is 2.05 bits per heavy atom. The van der Waals surface area contributed by atoms with Crippen molar-refractivity contribution in [2.24, 2.45) is 0 Å². The zero-order valence-corrected chi connectivity index (χ0v) is 13.4. The highest BCUT2D eigenvalue weighted by molar-refractivity contribution is 7.16. The fraction of sp³-hybridized carbons (Fsp3) is 0.375. The van der Waals surface area contributed by atoms with Gasteiger partial charge in [-0.1, -0.05) is 29.8 Å². The molecule has 2 rings (SSSR count). The van der Waals surface area contributed by atoms with Crippen LogP contribution in [0.15, 0.2) is 36.4 Å². The van der Waals surface area contributed by atoms with Crippen molar-refractivity contribution in [1.82, 2.24) is 5.32 Å². The van der Waals surface area contributed by atoms with Crippen LogP contribution in [0.2, 0.25) is 4.34 Å². The smallest absolute Gasteiger partial charge is 0.124 e. The number of rotatable bonds is 7. The van der Waals surface area contributed by atoms with Crippen molar-refractivity contribution >= 4 is 22.9 Å². The number of thiophene rings is 1. The van der Waals surface area contributed by atoms with Crippen LogP contribution in [0.4, 0.5) is 0 Å². The fourth-order valence-corrected chi connectivity index (χ4v) is 3.22. The van der Waals surface area contributed by atoms with Gasteiger partial charge in [-0.2, -0.15) is 0 Å². The van der Waals surface area contributed by atoms with Crippen LogP contribution >= 0.6 is 22.9 Å². The zero-order valence-electron chi connectivity index (χ0n) is 11.9. The van der Waals surface area contributed by atoms with Gasteiger partial charge in [-0.05, 0) is 38.5 Å². The summed E-state index contributed by atoms with van der Waals surface area (Å²) >= 11 is 7.58. The second kappa shape index (κ2) is 7.67. The summed E-state index contributed by atoms with van der Waals surface area (Å²) in [6.07, 6.45) is 0.999. The minimum absolute atomic E-state index is 0.271. The first-order valence-electron chi connectivity index (χ1n) is 6.90. The second-order valence-corrected chi connectivity index (χ2v) is 6.40. The fourth-order valence-electron chi connectivity index (χ4n) is 2.13. The maximum atomic E-state index is 5.93. The lowest BCUT2D eigenvalue weighted by atomic mass is 10.1. The Labute approximate surface area is 129 Å². The molecule has 0 fully saturated rings. The van der Waals surface area contributed by atoms with E-state index >= 15 is 0 Å². The first kappa shape index (κ1) is 15.4. The monoisotopic (exact) mass is 309 g/mol. The SMILES string of the molecule is CCOc1ccccc1C(C)NCCc1ccc(Cl)s1. The lowest BCUT2D eigenvalue weighted by molar-refractivity contribution is 0.332. The average Bonchev–Trinajstić information content (AvgIpc) is 2.85. The molecule has 0 saturated carbocycles. The molecule has 0 aliphatic carbocycles. The summed E-state index contributed by atoms with van der Waals surface area (Å²) in [5.41, 5.74) is 1.21. The van der Waals surface area contributed by atoms with Crippen molar-refractivity contribution in [1.29, 1.82) is 0 Å². The van der Waals surface area contributed by atoms with E-state index in [1.165, 1.54) is 10.4 Å². The van der Waals surface area contributed by atoms with Crippen molar-refractivity contribution in [2.75, 3.05) is 13.2 Å². The Kier molecular flexibility index (Phi) is 5.89. The Morgan fingerprint density at radius 3 is 2.75 bits per heavy atom. The van der Waals surface area contributed by atoms with Crippen molar-refractivity contribution in [3.63, 3.8) is 0 Å². The minimum atomic E-state index is 0.271. The molecule has 0 aliphatic rings. The van der Waals surface area contributed by atoms with E-state index in [4.69, 9.17) is 16.3 Å². The summed E-state index contributed by atoms with van der Waals surface area (Å²) in [5.74, 6) is 0.967. The predicted octanol–water partition coefficient (Wildman–Crippen LogP) is 4.69. The second-order valence-electron chi connectivity index (χ2n) is 4.60. The van der Waals surface area contributed by atoms with E-state index < -0.39 is 0 Å². The van der Waals surface area contributed by atoms with Gasteiger partial charge in [0.05, 0.1) is 10.9 Å². The molecule has 0 aliphatic heterocycles. The third kappa shape index (κ3) is 4.23. The molecule has 1 unspecified atom stereocenters. The van der Waals surface area contributed by atoms with Crippen molar-refractivity contribution in [3.05, 3.63) is 51.2 Å². The molecule has 0 spiro atoms. The third-order valence-electron chi connectivity index (χ3n) is 3.14. The zero-order chi connectivity index (χ0) is 14.4. The molecule has 1 aromatic carbocycles. The van der Waals surface area contributed by atoms with Crippen molar-refractivity contribution < 1.29 is 4.74 Å². The highest BCUT2D eigenvalue weighted by atomic mass is 35.5. The average molecular weight is 310 g/mol. The lowest BCUT2D eigenvalue weighted by Crippen LogP contribution is -2.21. The van der Waals surface area contributed by atoms with E-state index in [1.54, 1.807) is 11.3 Å². The third-order valence-corrected chi connectivity index (χ3v) is 4.43. The van der Waals surface area contributed by atoms with Gasteiger partial charge in [-0.25, -0.2) is 0 Å². The largest absolute Gasteiger partial charge is 0.494 e. The molecule has 20 heavy (non-hydrogen) atoms. The molecule has 0 radical (unpaired) electrons. The van der Waals surface area contributed by atoms with Crippen molar-refractivity contribution in [2.45, 2.75) is 26.3 Å². The summed E-state index contributed by atoms with van der Waals surface area (Å²) in [6.45, 7) is 5.80. The van der Waals surface area contributed by atoms with E-state index in [2.05, 4.69) is 30.4 Å². The number of para-hydroxylation sites is 1. The molecule has 1 aromatic heterocycles. The summed E-state index contributed by atoms with van der Waals surface area (Å²) < 4.78 is 6.53. The van der Waals surface area contributed by atoms with Crippen LogP contribution in [0.25, 0.3) is 0 Å². The molecule has 0 amide bonds. The van der Waals surface area contributed by atoms with E-state index in [0.717, 1.165) is 23.1 Å². The molecule has 2 nitrogen and oxygen atoms in total. The van der Waals surface area contributed by atoms with Crippen LogP contribution in [0.1, 0.15) is 30.3 Å². The summed E-state index contributed by atoms with van der Waals surface area (Å²) in [7, 11) is 0. The minimum Gasteiger partial charge on any atom is -0.494 e.